The highest BCUT2D eigenvalue weighted by molar-refractivity contribution is 9.10. The lowest BCUT2D eigenvalue weighted by molar-refractivity contribution is 0.102. The first-order valence-corrected chi connectivity index (χ1v) is 8.10. The SMILES string of the molecule is Nc1ccc(Br)cc1C(=O)Nc1ccc(S(N)(=O)=O)cc1. The summed E-state index contributed by atoms with van der Waals surface area (Å²) in [7, 11) is -3.75. The van der Waals surface area contributed by atoms with Crippen LogP contribution in [0, 0.1) is 0 Å². The first-order valence-electron chi connectivity index (χ1n) is 5.76. The number of nitrogens with one attached hydrogen (secondary N) is 1. The first-order chi connectivity index (χ1) is 9.77. The second-order valence-electron chi connectivity index (χ2n) is 4.26. The molecule has 2 aromatic carbocycles. The van der Waals surface area contributed by atoms with Gasteiger partial charge in [0.1, 0.15) is 0 Å². The number of rotatable bonds is 3. The number of halogens is 1. The number of primary sulfonamides is 1. The van der Waals surface area contributed by atoms with Crippen LogP contribution < -0.4 is 16.2 Å². The van der Waals surface area contributed by atoms with E-state index in [2.05, 4.69) is 21.2 Å². The highest BCUT2D eigenvalue weighted by Crippen LogP contribution is 2.20. The quantitative estimate of drug-likeness (QED) is 0.716. The zero-order valence-electron chi connectivity index (χ0n) is 10.7. The Morgan fingerprint density at radius 1 is 1.10 bits per heavy atom. The minimum absolute atomic E-state index is 0.0255. The van der Waals surface area contributed by atoms with Crippen molar-refractivity contribution in [2.24, 2.45) is 5.14 Å². The fraction of sp³-hybridized carbons (Fsp3) is 0. The Kier molecular flexibility index (Phi) is 4.31. The van der Waals surface area contributed by atoms with Crippen LogP contribution in [0.5, 0.6) is 0 Å². The van der Waals surface area contributed by atoms with Gasteiger partial charge in [0.2, 0.25) is 10.0 Å². The molecule has 2 aromatic rings. The summed E-state index contributed by atoms with van der Waals surface area (Å²) < 4.78 is 23.0. The van der Waals surface area contributed by atoms with E-state index in [0.29, 0.717) is 16.9 Å². The normalized spacial score (nSPS) is 11.1. The number of anilines is 2. The Labute approximate surface area is 130 Å². The molecule has 0 aromatic heterocycles. The topological polar surface area (TPSA) is 115 Å². The van der Waals surface area contributed by atoms with Crippen LogP contribution in [0.1, 0.15) is 10.4 Å². The minimum Gasteiger partial charge on any atom is -0.398 e. The number of amides is 1. The van der Waals surface area contributed by atoms with Crippen LogP contribution in [-0.4, -0.2) is 14.3 Å². The molecule has 0 fully saturated rings. The van der Waals surface area contributed by atoms with Gasteiger partial charge in [0, 0.05) is 15.8 Å². The maximum Gasteiger partial charge on any atom is 0.257 e. The molecule has 110 valence electrons. The molecule has 0 saturated heterocycles. The zero-order chi connectivity index (χ0) is 15.6. The Morgan fingerprint density at radius 2 is 1.71 bits per heavy atom. The summed E-state index contributed by atoms with van der Waals surface area (Å²) in [5.74, 6) is -0.392. The van der Waals surface area contributed by atoms with Gasteiger partial charge in [-0.05, 0) is 42.5 Å². The second kappa shape index (κ2) is 5.84. The maximum atomic E-state index is 12.1. The average Bonchev–Trinajstić information content (AvgIpc) is 2.41. The van der Waals surface area contributed by atoms with E-state index in [1.54, 1.807) is 18.2 Å². The molecule has 2 rings (SSSR count). The molecule has 0 saturated carbocycles. The molecule has 8 heteroatoms. The lowest BCUT2D eigenvalue weighted by Crippen LogP contribution is -2.15. The van der Waals surface area contributed by atoms with E-state index in [1.807, 2.05) is 0 Å². The summed E-state index contributed by atoms with van der Waals surface area (Å²) in [6, 6.07) is 10.5. The van der Waals surface area contributed by atoms with Gasteiger partial charge in [0.15, 0.2) is 0 Å². The Balaban J connectivity index is 2.22. The third-order valence-corrected chi connectivity index (χ3v) is 4.12. The average molecular weight is 370 g/mol. The van der Waals surface area contributed by atoms with Gasteiger partial charge < -0.3 is 11.1 Å². The molecule has 0 aliphatic rings. The van der Waals surface area contributed by atoms with Crippen LogP contribution in [0.4, 0.5) is 11.4 Å². The number of hydrogen-bond donors (Lipinski definition) is 3. The first kappa shape index (κ1) is 15.5. The van der Waals surface area contributed by atoms with Gasteiger partial charge in [-0.15, -0.1) is 0 Å². The van der Waals surface area contributed by atoms with Crippen molar-refractivity contribution in [1.82, 2.24) is 0 Å². The smallest absolute Gasteiger partial charge is 0.257 e. The highest BCUT2D eigenvalue weighted by atomic mass is 79.9. The summed E-state index contributed by atoms with van der Waals surface area (Å²) in [6.07, 6.45) is 0. The molecule has 1 amide bonds. The second-order valence-corrected chi connectivity index (χ2v) is 6.73. The molecule has 0 heterocycles. The molecule has 0 radical (unpaired) electrons. The Hall–Kier alpha value is -1.90. The lowest BCUT2D eigenvalue weighted by Gasteiger charge is -2.08. The summed E-state index contributed by atoms with van der Waals surface area (Å²) in [4.78, 5) is 12.1. The van der Waals surface area contributed by atoms with Crippen LogP contribution in [0.2, 0.25) is 0 Å². The van der Waals surface area contributed by atoms with E-state index in [0.717, 1.165) is 4.47 Å². The maximum absolute atomic E-state index is 12.1. The van der Waals surface area contributed by atoms with E-state index in [9.17, 15) is 13.2 Å². The zero-order valence-corrected chi connectivity index (χ0v) is 13.1. The summed E-state index contributed by atoms with van der Waals surface area (Å²) in [6.45, 7) is 0. The van der Waals surface area contributed by atoms with Crippen molar-refractivity contribution in [3.05, 3.63) is 52.5 Å². The molecule has 0 bridgehead atoms. The van der Waals surface area contributed by atoms with Gasteiger partial charge in [0.05, 0.1) is 10.5 Å². The molecule has 0 aliphatic heterocycles. The number of carbonyl (C=O) groups excluding carboxylic acids is 1. The van der Waals surface area contributed by atoms with Crippen LogP contribution in [-0.2, 0) is 10.0 Å². The van der Waals surface area contributed by atoms with E-state index >= 15 is 0 Å². The predicted molar refractivity (Wildman–Crippen MR) is 84.3 cm³/mol. The van der Waals surface area contributed by atoms with Gasteiger partial charge in [-0.25, -0.2) is 13.6 Å². The number of nitrogens with two attached hydrogens (primary N) is 2. The van der Waals surface area contributed by atoms with Crippen LogP contribution in [0.3, 0.4) is 0 Å². The van der Waals surface area contributed by atoms with Crippen LogP contribution in [0.15, 0.2) is 51.8 Å². The monoisotopic (exact) mass is 369 g/mol. The molecule has 0 atom stereocenters. The fourth-order valence-electron chi connectivity index (χ4n) is 1.65. The number of sulfonamides is 1. The predicted octanol–water partition coefficient (Wildman–Crippen LogP) is 1.93. The summed E-state index contributed by atoms with van der Waals surface area (Å²) in [5.41, 5.74) is 6.85. The standard InChI is InChI=1S/C13H12BrN3O3S/c14-8-1-6-12(15)11(7-8)13(18)17-9-2-4-10(5-3-9)21(16,19)20/h1-7H,15H2,(H,17,18)(H2,16,19,20). The largest absolute Gasteiger partial charge is 0.398 e. The third-order valence-electron chi connectivity index (χ3n) is 2.70. The Bertz CT molecular complexity index is 789. The van der Waals surface area contributed by atoms with Gasteiger partial charge in [-0.3, -0.25) is 4.79 Å². The highest BCUT2D eigenvalue weighted by Gasteiger charge is 2.12. The molecular formula is C13H12BrN3O3S. The fourth-order valence-corrected chi connectivity index (χ4v) is 2.53. The van der Waals surface area contributed by atoms with Crippen molar-refractivity contribution in [2.45, 2.75) is 4.90 Å². The van der Waals surface area contributed by atoms with Crippen molar-refractivity contribution in [3.8, 4) is 0 Å². The van der Waals surface area contributed by atoms with Crippen molar-refractivity contribution >= 4 is 43.2 Å². The molecule has 0 spiro atoms. The minimum atomic E-state index is -3.75. The molecule has 21 heavy (non-hydrogen) atoms. The molecule has 0 unspecified atom stereocenters. The van der Waals surface area contributed by atoms with Gasteiger partial charge in [-0.2, -0.15) is 0 Å². The molecular weight excluding hydrogens is 358 g/mol. The van der Waals surface area contributed by atoms with Gasteiger partial charge >= 0.3 is 0 Å². The van der Waals surface area contributed by atoms with Crippen LogP contribution in [0.25, 0.3) is 0 Å². The van der Waals surface area contributed by atoms with E-state index < -0.39 is 15.9 Å². The van der Waals surface area contributed by atoms with E-state index in [1.165, 1.54) is 24.3 Å². The van der Waals surface area contributed by atoms with Crippen molar-refractivity contribution in [3.63, 3.8) is 0 Å². The van der Waals surface area contributed by atoms with E-state index in [-0.39, 0.29) is 4.90 Å². The molecule has 0 aliphatic carbocycles. The third kappa shape index (κ3) is 3.81. The van der Waals surface area contributed by atoms with Gasteiger partial charge in [-0.1, -0.05) is 15.9 Å². The van der Waals surface area contributed by atoms with Crippen molar-refractivity contribution in [1.29, 1.82) is 0 Å². The van der Waals surface area contributed by atoms with Crippen molar-refractivity contribution < 1.29 is 13.2 Å². The van der Waals surface area contributed by atoms with Crippen molar-refractivity contribution in [2.75, 3.05) is 11.1 Å². The van der Waals surface area contributed by atoms with Crippen LogP contribution >= 0.6 is 15.9 Å². The number of carbonyl (C=O) groups is 1. The molecule has 6 nitrogen and oxygen atoms in total. The summed E-state index contributed by atoms with van der Waals surface area (Å²) in [5, 5.41) is 7.63. The van der Waals surface area contributed by atoms with Gasteiger partial charge in [0.25, 0.3) is 5.91 Å². The summed E-state index contributed by atoms with van der Waals surface area (Å²) >= 11 is 3.27. The number of benzene rings is 2. The number of hydrogen-bond acceptors (Lipinski definition) is 4. The molecule has 5 N–H and O–H groups in total. The lowest BCUT2D eigenvalue weighted by atomic mass is 10.1. The Morgan fingerprint density at radius 3 is 2.29 bits per heavy atom. The number of nitrogen functional groups attached to an aromatic ring is 1. The van der Waals surface area contributed by atoms with E-state index in [4.69, 9.17) is 10.9 Å².